The maximum absolute atomic E-state index is 11.3. The Morgan fingerprint density at radius 2 is 2.24 bits per heavy atom. The van der Waals surface area contributed by atoms with Crippen LogP contribution in [-0.4, -0.2) is 38.1 Å². The lowest BCUT2D eigenvalue weighted by Crippen LogP contribution is -2.14. The largest absolute Gasteiger partial charge is 0.396 e. The van der Waals surface area contributed by atoms with Gasteiger partial charge in [-0.2, -0.15) is 9.61 Å². The Labute approximate surface area is 97.5 Å². The molecule has 2 rings (SSSR count). The number of aliphatic hydroxyl groups is 1. The zero-order chi connectivity index (χ0) is 12.1. The number of nitrogens with one attached hydrogen (secondary N) is 2. The SMILES string of the molecule is O=c1[nH]nc2ccc(NCCCCCO)nn12. The molecule has 2 aromatic rings. The van der Waals surface area contributed by atoms with Gasteiger partial charge in [0.1, 0.15) is 5.82 Å². The average Bonchev–Trinajstić information content (AvgIpc) is 2.71. The third kappa shape index (κ3) is 2.82. The van der Waals surface area contributed by atoms with E-state index in [2.05, 4.69) is 20.6 Å². The van der Waals surface area contributed by atoms with Crippen LogP contribution in [0.1, 0.15) is 19.3 Å². The van der Waals surface area contributed by atoms with Gasteiger partial charge in [-0.15, -0.1) is 5.10 Å². The van der Waals surface area contributed by atoms with Crippen LogP contribution in [0.5, 0.6) is 0 Å². The fourth-order valence-electron chi connectivity index (χ4n) is 1.53. The molecule has 0 spiro atoms. The van der Waals surface area contributed by atoms with Crippen molar-refractivity contribution in [2.45, 2.75) is 19.3 Å². The molecule has 0 fully saturated rings. The molecule has 2 aromatic heterocycles. The Morgan fingerprint density at radius 3 is 3.06 bits per heavy atom. The molecule has 0 radical (unpaired) electrons. The van der Waals surface area contributed by atoms with Gasteiger partial charge in [-0.05, 0) is 31.4 Å². The second kappa shape index (κ2) is 5.44. The minimum absolute atomic E-state index is 0.231. The highest BCUT2D eigenvalue weighted by Crippen LogP contribution is 2.03. The van der Waals surface area contributed by atoms with Gasteiger partial charge in [0.15, 0.2) is 5.65 Å². The first-order valence-electron chi connectivity index (χ1n) is 5.60. The number of aliphatic hydroxyl groups excluding tert-OH is 1. The predicted molar refractivity (Wildman–Crippen MR) is 63.0 cm³/mol. The summed E-state index contributed by atoms with van der Waals surface area (Å²) in [7, 11) is 0. The lowest BCUT2D eigenvalue weighted by Gasteiger charge is -2.04. The molecule has 0 aliphatic rings. The molecule has 0 saturated carbocycles. The van der Waals surface area contributed by atoms with Crippen LogP contribution in [-0.2, 0) is 0 Å². The quantitative estimate of drug-likeness (QED) is 0.614. The summed E-state index contributed by atoms with van der Waals surface area (Å²) in [5.41, 5.74) is 0.157. The van der Waals surface area contributed by atoms with E-state index in [1.807, 2.05) is 0 Å². The summed E-state index contributed by atoms with van der Waals surface area (Å²) in [6, 6.07) is 3.50. The van der Waals surface area contributed by atoms with Crippen molar-refractivity contribution in [1.29, 1.82) is 0 Å². The molecule has 0 amide bonds. The molecule has 0 aromatic carbocycles. The van der Waals surface area contributed by atoms with E-state index in [1.54, 1.807) is 12.1 Å². The average molecular weight is 237 g/mol. The third-order valence-corrected chi connectivity index (χ3v) is 2.41. The van der Waals surface area contributed by atoms with Crippen molar-refractivity contribution in [1.82, 2.24) is 19.8 Å². The summed E-state index contributed by atoms with van der Waals surface area (Å²) in [5, 5.41) is 22.0. The van der Waals surface area contributed by atoms with Gasteiger partial charge in [-0.25, -0.2) is 9.89 Å². The maximum Gasteiger partial charge on any atom is 0.364 e. The molecule has 0 atom stereocenters. The van der Waals surface area contributed by atoms with Gasteiger partial charge < -0.3 is 10.4 Å². The Hall–Kier alpha value is -1.89. The van der Waals surface area contributed by atoms with Crippen molar-refractivity contribution in [3.8, 4) is 0 Å². The van der Waals surface area contributed by atoms with Crippen LogP contribution in [0.4, 0.5) is 5.82 Å². The monoisotopic (exact) mass is 237 g/mol. The molecule has 7 nitrogen and oxygen atoms in total. The minimum Gasteiger partial charge on any atom is -0.396 e. The molecule has 0 unspecified atom stereocenters. The molecule has 0 bridgehead atoms. The van der Waals surface area contributed by atoms with Gasteiger partial charge in [0.2, 0.25) is 0 Å². The molecule has 17 heavy (non-hydrogen) atoms. The number of aromatic nitrogens is 4. The Morgan fingerprint density at radius 1 is 1.35 bits per heavy atom. The van der Waals surface area contributed by atoms with E-state index in [0.29, 0.717) is 11.5 Å². The van der Waals surface area contributed by atoms with E-state index in [1.165, 1.54) is 4.52 Å². The smallest absolute Gasteiger partial charge is 0.364 e. The van der Waals surface area contributed by atoms with Crippen LogP contribution in [0.25, 0.3) is 5.65 Å². The molecule has 92 valence electrons. The Balaban J connectivity index is 1.94. The summed E-state index contributed by atoms with van der Waals surface area (Å²) >= 11 is 0. The van der Waals surface area contributed by atoms with Crippen molar-refractivity contribution in [3.63, 3.8) is 0 Å². The topological polar surface area (TPSA) is 95.3 Å². The van der Waals surface area contributed by atoms with Crippen molar-refractivity contribution >= 4 is 11.5 Å². The highest BCUT2D eigenvalue weighted by Gasteiger charge is 2.01. The normalized spacial score (nSPS) is 10.9. The number of anilines is 1. The molecular weight excluding hydrogens is 222 g/mol. The zero-order valence-corrected chi connectivity index (χ0v) is 9.39. The van der Waals surface area contributed by atoms with Gasteiger partial charge in [-0.1, -0.05) is 0 Å². The highest BCUT2D eigenvalue weighted by molar-refractivity contribution is 5.42. The highest BCUT2D eigenvalue weighted by atomic mass is 16.2. The Kier molecular flexibility index (Phi) is 3.71. The van der Waals surface area contributed by atoms with Gasteiger partial charge in [0.25, 0.3) is 0 Å². The fourth-order valence-corrected chi connectivity index (χ4v) is 1.53. The fraction of sp³-hybridized carbons (Fsp3) is 0.500. The van der Waals surface area contributed by atoms with E-state index in [-0.39, 0.29) is 12.3 Å². The number of hydrogen-bond acceptors (Lipinski definition) is 5. The number of nitrogens with zero attached hydrogens (tertiary/aromatic N) is 3. The lowest BCUT2D eigenvalue weighted by molar-refractivity contribution is 0.283. The van der Waals surface area contributed by atoms with E-state index < -0.39 is 0 Å². The van der Waals surface area contributed by atoms with Gasteiger partial charge in [-0.3, -0.25) is 0 Å². The summed E-state index contributed by atoms with van der Waals surface area (Å²) in [5.74, 6) is 0.644. The summed E-state index contributed by atoms with van der Waals surface area (Å²) in [6.45, 7) is 1.000. The minimum atomic E-state index is -0.344. The molecule has 2 heterocycles. The summed E-state index contributed by atoms with van der Waals surface area (Å²) in [6.07, 6.45) is 2.74. The number of rotatable bonds is 6. The van der Waals surface area contributed by atoms with Crippen molar-refractivity contribution < 1.29 is 5.11 Å². The van der Waals surface area contributed by atoms with Crippen LogP contribution < -0.4 is 11.0 Å². The number of unbranched alkanes of at least 4 members (excludes halogenated alkanes) is 2. The van der Waals surface area contributed by atoms with Crippen LogP contribution >= 0.6 is 0 Å². The van der Waals surface area contributed by atoms with E-state index >= 15 is 0 Å². The second-order valence-electron chi connectivity index (χ2n) is 3.73. The summed E-state index contributed by atoms with van der Waals surface area (Å²) in [4.78, 5) is 11.3. The van der Waals surface area contributed by atoms with Crippen molar-refractivity contribution in [2.75, 3.05) is 18.5 Å². The van der Waals surface area contributed by atoms with Gasteiger partial charge >= 0.3 is 5.69 Å². The van der Waals surface area contributed by atoms with Crippen molar-refractivity contribution in [3.05, 3.63) is 22.6 Å². The zero-order valence-electron chi connectivity index (χ0n) is 9.39. The predicted octanol–water partition coefficient (Wildman–Crippen LogP) is -0.00790. The van der Waals surface area contributed by atoms with Gasteiger partial charge in [0.05, 0.1) is 0 Å². The van der Waals surface area contributed by atoms with Crippen molar-refractivity contribution in [2.24, 2.45) is 0 Å². The van der Waals surface area contributed by atoms with E-state index in [9.17, 15) is 4.79 Å². The lowest BCUT2D eigenvalue weighted by atomic mass is 10.2. The number of aromatic amines is 1. The standard InChI is InChI=1S/C10H15N5O2/c16-7-3-1-2-6-11-8-4-5-9-12-13-10(17)15(9)14-8/h4-5,16H,1-3,6-7H2,(H,11,14)(H,13,17). The number of H-pyrrole nitrogens is 1. The molecule has 0 aliphatic heterocycles. The first kappa shape index (κ1) is 11.6. The first-order chi connectivity index (χ1) is 8.31. The molecule has 3 N–H and O–H groups in total. The number of hydrogen-bond donors (Lipinski definition) is 3. The number of fused-ring (bicyclic) bond motifs is 1. The van der Waals surface area contributed by atoms with Gasteiger partial charge in [0, 0.05) is 13.2 Å². The summed E-state index contributed by atoms with van der Waals surface area (Å²) < 4.78 is 1.22. The second-order valence-corrected chi connectivity index (χ2v) is 3.73. The molecule has 0 saturated heterocycles. The molecule has 7 heteroatoms. The third-order valence-electron chi connectivity index (χ3n) is 2.41. The molecular formula is C10H15N5O2. The van der Waals surface area contributed by atoms with Crippen LogP contribution in [0.2, 0.25) is 0 Å². The van der Waals surface area contributed by atoms with Crippen LogP contribution in [0.3, 0.4) is 0 Å². The molecule has 0 aliphatic carbocycles. The van der Waals surface area contributed by atoms with Crippen LogP contribution in [0.15, 0.2) is 16.9 Å². The first-order valence-corrected chi connectivity index (χ1v) is 5.60. The maximum atomic E-state index is 11.3. The van der Waals surface area contributed by atoms with E-state index in [4.69, 9.17) is 5.11 Å². The van der Waals surface area contributed by atoms with E-state index in [0.717, 1.165) is 25.8 Å². The van der Waals surface area contributed by atoms with Crippen LogP contribution in [0, 0.1) is 0 Å². The Bertz CT molecular complexity index is 533.